The van der Waals surface area contributed by atoms with Crippen LogP contribution in [0.3, 0.4) is 0 Å². The van der Waals surface area contributed by atoms with E-state index in [0.29, 0.717) is 21.5 Å². The number of phenolic OH excluding ortho intramolecular Hbond substituents is 1. The van der Waals surface area contributed by atoms with Crippen LogP contribution in [0.15, 0.2) is 23.1 Å². The predicted molar refractivity (Wildman–Crippen MR) is 111 cm³/mol. The third-order valence-corrected chi connectivity index (χ3v) is 6.74. The molecule has 0 aliphatic heterocycles. The molecule has 1 aliphatic rings. The Morgan fingerprint density at radius 2 is 2.03 bits per heavy atom. The highest BCUT2D eigenvalue weighted by Crippen LogP contribution is 2.44. The first-order chi connectivity index (χ1) is 13.8. The van der Waals surface area contributed by atoms with E-state index in [0.717, 1.165) is 43.6 Å². The zero-order valence-corrected chi connectivity index (χ0v) is 17.1. The van der Waals surface area contributed by atoms with Crippen LogP contribution in [0, 0.1) is 12.7 Å². The van der Waals surface area contributed by atoms with Crippen molar-refractivity contribution < 1.29 is 14.3 Å². The van der Waals surface area contributed by atoms with Gasteiger partial charge in [0.1, 0.15) is 22.0 Å². The van der Waals surface area contributed by atoms with Gasteiger partial charge in [-0.15, -0.1) is 0 Å². The van der Waals surface area contributed by atoms with Gasteiger partial charge in [0.25, 0.3) is 5.91 Å². The highest BCUT2D eigenvalue weighted by Gasteiger charge is 2.32. The molecule has 1 aromatic carbocycles. The largest absolute Gasteiger partial charge is 0.508 e. The number of nitrogens with one attached hydrogen (secondary N) is 2. The number of hydrogen-bond acceptors (Lipinski definition) is 5. The Labute approximate surface area is 171 Å². The number of aromatic nitrogens is 2. The number of pyridine rings is 1. The molecule has 0 spiro atoms. The molecule has 0 radical (unpaired) electrons. The van der Waals surface area contributed by atoms with Crippen LogP contribution < -0.4 is 10.7 Å². The Balaban J connectivity index is 1.65. The van der Waals surface area contributed by atoms with Crippen molar-refractivity contribution in [3.63, 3.8) is 0 Å². The molecule has 4 rings (SSSR count). The molecule has 2 heterocycles. The number of aromatic amines is 1. The van der Waals surface area contributed by atoms with Gasteiger partial charge in [-0.25, -0.2) is 4.39 Å². The van der Waals surface area contributed by atoms with Gasteiger partial charge in [0.05, 0.1) is 16.8 Å². The highest BCUT2D eigenvalue weighted by atomic mass is 32.1. The molecule has 0 saturated heterocycles. The molecule has 3 N–H and O–H groups in total. The van der Waals surface area contributed by atoms with Gasteiger partial charge >= 0.3 is 0 Å². The first-order valence-corrected chi connectivity index (χ1v) is 10.4. The van der Waals surface area contributed by atoms with Crippen molar-refractivity contribution in [3.8, 4) is 5.75 Å². The third kappa shape index (κ3) is 3.42. The van der Waals surface area contributed by atoms with Gasteiger partial charge in [-0.1, -0.05) is 26.2 Å². The zero-order chi connectivity index (χ0) is 20.8. The second-order valence-corrected chi connectivity index (χ2v) is 8.70. The van der Waals surface area contributed by atoms with Gasteiger partial charge in [0, 0.05) is 17.8 Å². The maximum atomic E-state index is 14.8. The molecular weight excluding hydrogens is 393 g/mol. The Hall–Kier alpha value is -2.74. The minimum Gasteiger partial charge on any atom is -0.508 e. The fourth-order valence-corrected chi connectivity index (χ4v) is 4.94. The lowest BCUT2D eigenvalue weighted by Crippen LogP contribution is -2.26. The average molecular weight is 415 g/mol. The van der Waals surface area contributed by atoms with Crippen molar-refractivity contribution >= 4 is 33.3 Å². The van der Waals surface area contributed by atoms with Crippen molar-refractivity contribution in [3.05, 3.63) is 51.2 Å². The minimum absolute atomic E-state index is 0.0478. The first kappa shape index (κ1) is 19.6. The summed E-state index contributed by atoms with van der Waals surface area (Å²) in [5.74, 6) is -1.43. The minimum atomic E-state index is -0.742. The molecule has 1 fully saturated rings. The van der Waals surface area contributed by atoms with Crippen LogP contribution >= 0.6 is 11.5 Å². The first-order valence-electron chi connectivity index (χ1n) is 9.62. The van der Waals surface area contributed by atoms with E-state index in [1.165, 1.54) is 18.3 Å². The van der Waals surface area contributed by atoms with Crippen molar-refractivity contribution in [1.82, 2.24) is 9.36 Å². The molecule has 29 heavy (non-hydrogen) atoms. The summed E-state index contributed by atoms with van der Waals surface area (Å²) in [6, 6.07) is 2.53. The maximum Gasteiger partial charge on any atom is 0.261 e. The summed E-state index contributed by atoms with van der Waals surface area (Å²) < 4.78 is 18.9. The van der Waals surface area contributed by atoms with E-state index in [1.807, 2.05) is 6.92 Å². The number of benzene rings is 1. The molecular formula is C21H22FN3O3S. The summed E-state index contributed by atoms with van der Waals surface area (Å²) in [6.45, 7) is 3.73. The van der Waals surface area contributed by atoms with Crippen LogP contribution in [0.2, 0.25) is 0 Å². The average Bonchev–Trinajstić information content (AvgIpc) is 3.07. The number of hydrogen-bond donors (Lipinski definition) is 3. The lowest BCUT2D eigenvalue weighted by atomic mass is 9.70. The number of amides is 1. The van der Waals surface area contributed by atoms with Gasteiger partial charge in [0.15, 0.2) is 0 Å². The number of anilines is 1. The number of halogens is 1. The number of H-pyrrole nitrogens is 1. The fraction of sp³-hybridized carbons (Fsp3) is 0.381. The fourth-order valence-electron chi connectivity index (χ4n) is 4.17. The van der Waals surface area contributed by atoms with Crippen LogP contribution in [0.25, 0.3) is 10.2 Å². The molecule has 0 bridgehead atoms. The topological polar surface area (TPSA) is 95.1 Å². The van der Waals surface area contributed by atoms with E-state index in [1.54, 1.807) is 6.92 Å². The summed E-state index contributed by atoms with van der Waals surface area (Å²) in [5, 5.41) is 13.3. The second-order valence-electron chi connectivity index (χ2n) is 7.93. The summed E-state index contributed by atoms with van der Waals surface area (Å²) in [6.07, 6.45) is 6.29. The SMILES string of the molecule is Cc1nsc2[nH]cc(C(=O)Nc3cc(O)c(C4(C)CCCCC4)cc3F)c(=O)c12. The molecule has 0 unspecified atom stereocenters. The molecule has 152 valence electrons. The lowest BCUT2D eigenvalue weighted by molar-refractivity contribution is 0.102. The van der Waals surface area contributed by atoms with E-state index in [9.17, 15) is 19.1 Å². The van der Waals surface area contributed by atoms with Crippen LogP contribution in [0.1, 0.15) is 60.6 Å². The highest BCUT2D eigenvalue weighted by molar-refractivity contribution is 7.12. The summed E-state index contributed by atoms with van der Waals surface area (Å²) in [7, 11) is 0. The Bertz CT molecular complexity index is 1160. The van der Waals surface area contributed by atoms with E-state index >= 15 is 0 Å². The Morgan fingerprint density at radius 3 is 2.76 bits per heavy atom. The Morgan fingerprint density at radius 1 is 1.31 bits per heavy atom. The number of carbonyl (C=O) groups is 1. The van der Waals surface area contributed by atoms with Crippen LogP contribution in [-0.4, -0.2) is 20.4 Å². The third-order valence-electron chi connectivity index (χ3n) is 5.87. The number of aryl methyl sites for hydroxylation is 1. The summed E-state index contributed by atoms with van der Waals surface area (Å²) in [4.78, 5) is 28.7. The predicted octanol–water partition coefficient (Wildman–Crippen LogP) is 4.61. The zero-order valence-electron chi connectivity index (χ0n) is 16.3. The van der Waals surface area contributed by atoms with Crippen molar-refractivity contribution in [2.75, 3.05) is 5.32 Å². The van der Waals surface area contributed by atoms with Crippen molar-refractivity contribution in [2.24, 2.45) is 0 Å². The molecule has 1 aliphatic carbocycles. The van der Waals surface area contributed by atoms with E-state index < -0.39 is 17.2 Å². The lowest BCUT2D eigenvalue weighted by Gasteiger charge is -2.34. The molecule has 2 aromatic heterocycles. The van der Waals surface area contributed by atoms with E-state index in [-0.39, 0.29) is 22.4 Å². The monoisotopic (exact) mass is 415 g/mol. The molecule has 8 heteroatoms. The quantitative estimate of drug-likeness (QED) is 0.582. The molecule has 6 nitrogen and oxygen atoms in total. The van der Waals surface area contributed by atoms with Crippen molar-refractivity contribution in [2.45, 2.75) is 51.4 Å². The number of aromatic hydroxyl groups is 1. The molecule has 1 amide bonds. The standard InChI is InChI=1S/C21H22FN3O3S/c1-11-17-18(27)12(10-23-20(17)29-25-11)19(28)24-15-9-16(26)13(8-14(15)22)21(2)6-4-3-5-7-21/h8-10,26H,3-7H2,1-2H3,(H,23,27)(H,24,28). The van der Waals surface area contributed by atoms with Crippen molar-refractivity contribution in [1.29, 1.82) is 0 Å². The van der Waals surface area contributed by atoms with Crippen LogP contribution in [0.5, 0.6) is 5.75 Å². The summed E-state index contributed by atoms with van der Waals surface area (Å²) >= 11 is 1.14. The van der Waals surface area contributed by atoms with Gasteiger partial charge < -0.3 is 15.4 Å². The second kappa shape index (κ2) is 7.26. The van der Waals surface area contributed by atoms with E-state index in [4.69, 9.17) is 0 Å². The van der Waals surface area contributed by atoms with Gasteiger partial charge in [-0.3, -0.25) is 9.59 Å². The number of nitrogens with zero attached hydrogens (tertiary/aromatic N) is 1. The van der Waals surface area contributed by atoms with Crippen LogP contribution in [-0.2, 0) is 5.41 Å². The van der Waals surface area contributed by atoms with Gasteiger partial charge in [-0.2, -0.15) is 4.37 Å². The number of fused-ring (bicyclic) bond motifs is 1. The molecule has 3 aromatic rings. The Kier molecular flexibility index (Phi) is 4.90. The van der Waals surface area contributed by atoms with Gasteiger partial charge in [0.2, 0.25) is 5.43 Å². The maximum absolute atomic E-state index is 14.8. The smallest absolute Gasteiger partial charge is 0.261 e. The molecule has 0 atom stereocenters. The van der Waals surface area contributed by atoms with Gasteiger partial charge in [-0.05, 0) is 42.8 Å². The number of rotatable bonds is 3. The summed E-state index contributed by atoms with van der Waals surface area (Å²) in [5.41, 5.74) is 0.0655. The molecule has 1 saturated carbocycles. The normalized spacial score (nSPS) is 16.1. The number of phenols is 1. The van der Waals surface area contributed by atoms with E-state index in [2.05, 4.69) is 14.7 Å². The van der Waals surface area contributed by atoms with Crippen LogP contribution in [0.4, 0.5) is 10.1 Å². The number of carbonyl (C=O) groups excluding carboxylic acids is 1.